The van der Waals surface area contributed by atoms with E-state index in [1.807, 2.05) is 26.0 Å². The van der Waals surface area contributed by atoms with Crippen LogP contribution in [0.25, 0.3) is 0 Å². The van der Waals surface area contributed by atoms with E-state index in [1.54, 1.807) is 11.5 Å². The smallest absolute Gasteiger partial charge is 0.325 e. The zero-order valence-corrected chi connectivity index (χ0v) is 19.2. The van der Waals surface area contributed by atoms with Crippen molar-refractivity contribution in [2.24, 2.45) is 0 Å². The summed E-state index contributed by atoms with van der Waals surface area (Å²) in [4.78, 5) is 13.2. The van der Waals surface area contributed by atoms with E-state index in [9.17, 15) is 10.1 Å². The van der Waals surface area contributed by atoms with Gasteiger partial charge in [0, 0.05) is 25.2 Å². The molecule has 1 aromatic carbocycles. The molecule has 0 bridgehead atoms. The minimum atomic E-state index is -1.88. The van der Waals surface area contributed by atoms with E-state index in [-0.39, 0.29) is 12.5 Å². The Kier molecular flexibility index (Phi) is 6.39. The number of rotatable bonds is 7. The molecule has 0 radical (unpaired) electrons. The summed E-state index contributed by atoms with van der Waals surface area (Å²) in [5.41, 5.74) is 4.52. The van der Waals surface area contributed by atoms with Crippen molar-refractivity contribution < 1.29 is 17.9 Å². The summed E-state index contributed by atoms with van der Waals surface area (Å²) in [6.07, 6.45) is 2.96. The van der Waals surface area contributed by atoms with Gasteiger partial charge in [-0.05, 0) is 56.4 Å². The molecule has 2 fully saturated rings. The third-order valence-electron chi connectivity index (χ3n) is 6.06. The second kappa shape index (κ2) is 9.05. The van der Waals surface area contributed by atoms with Crippen molar-refractivity contribution in [3.05, 3.63) is 52.3 Å². The van der Waals surface area contributed by atoms with Gasteiger partial charge in [0.15, 0.2) is 6.79 Å². The Hall–Kier alpha value is -2.31. The van der Waals surface area contributed by atoms with E-state index in [4.69, 9.17) is 13.1 Å². The Morgan fingerprint density at radius 3 is 2.55 bits per heavy atom. The van der Waals surface area contributed by atoms with Gasteiger partial charge in [-0.3, -0.25) is 4.79 Å². The molecule has 0 unspecified atom stereocenters. The van der Waals surface area contributed by atoms with Crippen LogP contribution in [0.2, 0.25) is 0 Å². The maximum atomic E-state index is 12.1. The van der Waals surface area contributed by atoms with E-state index in [2.05, 4.69) is 22.5 Å². The Labute approximate surface area is 185 Å². The van der Waals surface area contributed by atoms with Gasteiger partial charge in [-0.25, -0.2) is 12.7 Å². The molecule has 2 aromatic rings. The van der Waals surface area contributed by atoms with Crippen LogP contribution in [0.15, 0.2) is 29.2 Å². The molecule has 0 spiro atoms. The fourth-order valence-corrected chi connectivity index (χ4v) is 7.03. The van der Waals surface area contributed by atoms with Crippen LogP contribution in [0.1, 0.15) is 47.8 Å². The summed E-state index contributed by atoms with van der Waals surface area (Å²) < 4.78 is 21.5. The molecule has 0 amide bonds. The van der Waals surface area contributed by atoms with Gasteiger partial charge < -0.3 is 9.30 Å². The summed E-state index contributed by atoms with van der Waals surface area (Å²) in [6, 6.07) is 10.5. The highest BCUT2D eigenvalue weighted by atomic mass is 32.3. The van der Waals surface area contributed by atoms with Crippen LogP contribution in [0.4, 0.5) is 0 Å². The molecular formula is C23H29N3O4S. The van der Waals surface area contributed by atoms with Crippen LogP contribution >= 0.6 is 10.8 Å². The first-order valence-electron chi connectivity index (χ1n) is 10.7. The molecule has 166 valence electrons. The zero-order valence-electron chi connectivity index (χ0n) is 18.3. The number of carbonyl (C=O) groups is 1. The highest BCUT2D eigenvalue weighted by Gasteiger charge is 2.41. The Morgan fingerprint density at radius 1 is 1.23 bits per heavy atom. The normalized spacial score (nSPS) is 18.9. The van der Waals surface area contributed by atoms with E-state index in [1.165, 1.54) is 0 Å². The molecule has 0 aliphatic carbocycles. The first-order chi connectivity index (χ1) is 15.0. The number of ether oxygens (including phenoxy) is 1. The van der Waals surface area contributed by atoms with E-state index < -0.39 is 10.8 Å². The summed E-state index contributed by atoms with van der Waals surface area (Å²) in [6.45, 7) is 8.35. The van der Waals surface area contributed by atoms with Gasteiger partial charge in [-0.1, -0.05) is 29.0 Å². The first-order valence-corrected chi connectivity index (χ1v) is 12.1. The molecule has 1 aromatic heterocycles. The summed E-state index contributed by atoms with van der Waals surface area (Å²) in [7, 11) is -1.88. The molecule has 3 heterocycles. The fraction of sp³-hybridized carbons (Fsp3) is 0.478. The van der Waals surface area contributed by atoms with E-state index >= 15 is 0 Å². The zero-order chi connectivity index (χ0) is 22.0. The van der Waals surface area contributed by atoms with Gasteiger partial charge in [0.1, 0.15) is 18.3 Å². The number of aromatic nitrogens is 1. The molecule has 0 N–H and O–H groups in total. The summed E-state index contributed by atoms with van der Waals surface area (Å²) >= 11 is 0. The fourth-order valence-electron chi connectivity index (χ4n) is 4.46. The van der Waals surface area contributed by atoms with Crippen LogP contribution in [0.3, 0.4) is 0 Å². The Balaban J connectivity index is 1.70. The molecule has 31 heavy (non-hydrogen) atoms. The maximum absolute atomic E-state index is 12.1. The van der Waals surface area contributed by atoms with Gasteiger partial charge in [-0.2, -0.15) is 5.26 Å². The number of hydrogen-bond acceptors (Lipinski definition) is 6. The average molecular weight is 444 g/mol. The number of benzene rings is 1. The number of hydrogen-bond donors (Lipinski definition) is 0. The minimum absolute atomic E-state index is 0.0419. The lowest BCUT2D eigenvalue weighted by Gasteiger charge is -2.55. The average Bonchev–Trinajstić information content (AvgIpc) is 3.32. The van der Waals surface area contributed by atoms with Crippen molar-refractivity contribution >= 4 is 16.7 Å². The maximum Gasteiger partial charge on any atom is 0.325 e. The predicted octanol–water partition coefficient (Wildman–Crippen LogP) is 4.14. The predicted molar refractivity (Wildman–Crippen MR) is 118 cm³/mol. The van der Waals surface area contributed by atoms with Gasteiger partial charge in [-0.15, -0.1) is 0 Å². The van der Waals surface area contributed by atoms with Crippen LogP contribution in [-0.2, 0) is 30.9 Å². The number of esters is 1. The molecule has 7 nitrogen and oxygen atoms in total. The van der Waals surface area contributed by atoms with Crippen molar-refractivity contribution in [1.82, 2.24) is 8.87 Å². The van der Waals surface area contributed by atoms with E-state index in [0.717, 1.165) is 53.2 Å². The third-order valence-corrected chi connectivity index (χ3v) is 8.89. The largest absolute Gasteiger partial charge is 0.465 e. The summed E-state index contributed by atoms with van der Waals surface area (Å²) in [5.74, 6) is -0.335. The van der Waals surface area contributed by atoms with Crippen molar-refractivity contribution in [1.29, 1.82) is 5.26 Å². The van der Waals surface area contributed by atoms with Crippen LogP contribution in [0, 0.1) is 25.2 Å². The lowest BCUT2D eigenvalue weighted by Crippen LogP contribution is -2.37. The number of nitrogens with zero attached hydrogens (tertiary/aromatic N) is 3. The standard InChI is InChI=1S/C23H29N3O4S/c1-4-28-23(27)15-26-18(3)20(17(2)21(26)14-24)13-19-9-5-6-10-22(19)31(29-16-30-31)25-11-7-8-12-25/h5-6,9-10H,4,7-8,11-13,15-16H2,1-3H3. The molecule has 0 atom stereocenters. The Bertz CT molecular complexity index is 1020. The van der Waals surface area contributed by atoms with Gasteiger partial charge in [0.25, 0.3) is 0 Å². The molecule has 8 heteroatoms. The molecular weight excluding hydrogens is 414 g/mol. The third kappa shape index (κ3) is 3.87. The first kappa shape index (κ1) is 21.9. The second-order valence-corrected chi connectivity index (χ2v) is 10.2. The molecule has 2 aliphatic rings. The number of carbonyl (C=O) groups excluding carboxylic acids is 1. The van der Waals surface area contributed by atoms with Gasteiger partial charge >= 0.3 is 5.97 Å². The highest BCUT2D eigenvalue weighted by Crippen LogP contribution is 2.68. The van der Waals surface area contributed by atoms with Crippen LogP contribution < -0.4 is 0 Å². The lowest BCUT2D eigenvalue weighted by molar-refractivity contribution is -0.143. The van der Waals surface area contributed by atoms with Crippen molar-refractivity contribution in [3.8, 4) is 6.07 Å². The second-order valence-electron chi connectivity index (χ2n) is 7.79. The van der Waals surface area contributed by atoms with Crippen molar-refractivity contribution in [3.63, 3.8) is 0 Å². The van der Waals surface area contributed by atoms with Crippen molar-refractivity contribution in [2.45, 2.75) is 51.5 Å². The molecule has 4 rings (SSSR count). The minimum Gasteiger partial charge on any atom is -0.465 e. The monoisotopic (exact) mass is 443 g/mol. The van der Waals surface area contributed by atoms with Crippen LogP contribution in [-0.4, -0.2) is 41.3 Å². The van der Waals surface area contributed by atoms with Crippen LogP contribution in [0.5, 0.6) is 0 Å². The SMILES string of the molecule is CCOC(=O)Cn1c(C)c(Cc2ccccc2S2(N3CCCC3)OCO2)c(C)c1C#N. The Morgan fingerprint density at radius 2 is 1.94 bits per heavy atom. The lowest BCUT2D eigenvalue weighted by atomic mass is 10.0. The van der Waals surface area contributed by atoms with E-state index in [0.29, 0.717) is 25.5 Å². The van der Waals surface area contributed by atoms with Gasteiger partial charge in [0.05, 0.1) is 11.5 Å². The van der Waals surface area contributed by atoms with Crippen molar-refractivity contribution in [2.75, 3.05) is 26.5 Å². The number of nitriles is 1. The quantitative estimate of drug-likeness (QED) is 0.599. The molecule has 0 saturated carbocycles. The highest BCUT2D eigenvalue weighted by molar-refractivity contribution is 8.24. The topological polar surface area (TPSA) is 76.7 Å². The molecule has 2 saturated heterocycles. The molecule has 2 aliphatic heterocycles. The summed E-state index contributed by atoms with van der Waals surface area (Å²) in [5, 5.41) is 9.76. The van der Waals surface area contributed by atoms with Gasteiger partial charge in [0.2, 0.25) is 0 Å².